The van der Waals surface area contributed by atoms with Crippen molar-refractivity contribution in [2.75, 3.05) is 0 Å². The Morgan fingerprint density at radius 2 is 2.24 bits per heavy atom. The molecule has 0 saturated carbocycles. The van der Waals surface area contributed by atoms with Gasteiger partial charge in [-0.1, -0.05) is 18.2 Å². The van der Waals surface area contributed by atoms with Crippen molar-refractivity contribution >= 4 is 28.5 Å². The lowest BCUT2D eigenvalue weighted by molar-refractivity contribution is 0.0929. The quantitative estimate of drug-likeness (QED) is 0.647. The Bertz CT molecular complexity index is 438. The van der Waals surface area contributed by atoms with Gasteiger partial charge in [0.15, 0.2) is 0 Å². The van der Waals surface area contributed by atoms with Crippen LogP contribution < -0.4 is 5.32 Å². The lowest BCUT2D eigenvalue weighted by Crippen LogP contribution is -2.36. The smallest absolute Gasteiger partial charge is 0.255 e. The van der Waals surface area contributed by atoms with Gasteiger partial charge in [0.2, 0.25) is 0 Å². The molecule has 0 aromatic heterocycles. The molecule has 1 aliphatic carbocycles. The van der Waals surface area contributed by atoms with Crippen molar-refractivity contribution in [3.8, 4) is 0 Å². The summed E-state index contributed by atoms with van der Waals surface area (Å²) in [6.07, 6.45) is 6.89. The van der Waals surface area contributed by atoms with Crippen LogP contribution in [0.1, 0.15) is 29.6 Å². The average molecular weight is 345 g/mol. The lowest BCUT2D eigenvalue weighted by Gasteiger charge is -2.19. The second-order valence-corrected chi connectivity index (χ2v) is 5.21. The summed E-state index contributed by atoms with van der Waals surface area (Å²) < 4.78 is 14.2. The molecule has 0 bridgehead atoms. The molecule has 0 aliphatic heterocycles. The van der Waals surface area contributed by atoms with Crippen molar-refractivity contribution in [3.63, 3.8) is 0 Å². The van der Waals surface area contributed by atoms with Crippen LogP contribution in [-0.4, -0.2) is 11.9 Å². The minimum absolute atomic E-state index is 0.128. The Balaban J connectivity index is 2.11. The molecule has 1 aromatic carbocycles. The Hall–Kier alpha value is -0.910. The molecule has 1 unspecified atom stereocenters. The molecular formula is C13H13FINO. The lowest BCUT2D eigenvalue weighted by atomic mass is 10.0. The Kier molecular flexibility index (Phi) is 4.15. The van der Waals surface area contributed by atoms with Crippen molar-refractivity contribution < 1.29 is 9.18 Å². The van der Waals surface area contributed by atoms with E-state index in [4.69, 9.17) is 0 Å². The molecule has 0 saturated heterocycles. The number of hydrogen-bond acceptors (Lipinski definition) is 1. The van der Waals surface area contributed by atoms with Gasteiger partial charge in [-0.3, -0.25) is 4.79 Å². The van der Waals surface area contributed by atoms with Crippen LogP contribution in [0.25, 0.3) is 0 Å². The van der Waals surface area contributed by atoms with Crippen LogP contribution in [0.15, 0.2) is 30.4 Å². The highest BCUT2D eigenvalue weighted by Gasteiger charge is 2.19. The van der Waals surface area contributed by atoms with Crippen molar-refractivity contribution in [3.05, 3.63) is 45.3 Å². The predicted molar refractivity (Wildman–Crippen MR) is 73.4 cm³/mol. The summed E-state index contributed by atoms with van der Waals surface area (Å²) in [5.41, 5.74) is 0.155. The summed E-state index contributed by atoms with van der Waals surface area (Å²) in [5.74, 6) is -0.770. The number of hydrogen-bond donors (Lipinski definition) is 1. The topological polar surface area (TPSA) is 29.1 Å². The van der Waals surface area contributed by atoms with Crippen molar-refractivity contribution in [2.24, 2.45) is 0 Å². The highest BCUT2D eigenvalue weighted by atomic mass is 127. The van der Waals surface area contributed by atoms with Crippen molar-refractivity contribution in [1.82, 2.24) is 5.32 Å². The van der Waals surface area contributed by atoms with Crippen LogP contribution in [0.2, 0.25) is 0 Å². The molecule has 4 heteroatoms. The van der Waals surface area contributed by atoms with Gasteiger partial charge >= 0.3 is 0 Å². The number of amides is 1. The van der Waals surface area contributed by atoms with E-state index in [-0.39, 0.29) is 17.5 Å². The summed E-state index contributed by atoms with van der Waals surface area (Å²) in [7, 11) is 0. The number of benzene rings is 1. The van der Waals surface area contributed by atoms with E-state index >= 15 is 0 Å². The van der Waals surface area contributed by atoms with Crippen LogP contribution in [0.3, 0.4) is 0 Å². The third-order valence-electron chi connectivity index (χ3n) is 2.79. The minimum Gasteiger partial charge on any atom is -0.349 e. The molecule has 2 rings (SSSR count). The number of carbonyl (C=O) groups excluding carboxylic acids is 1. The maximum absolute atomic E-state index is 13.6. The van der Waals surface area contributed by atoms with Gasteiger partial charge in [0, 0.05) is 9.61 Å². The van der Waals surface area contributed by atoms with Crippen molar-refractivity contribution in [2.45, 2.75) is 25.3 Å². The standard InChI is InChI=1S/C13H13FINO/c14-10-7-4-8-11(15)12(10)13(17)16-9-5-2-1-3-6-9/h1-2,4,7-9H,3,5-6H2,(H,16,17). The summed E-state index contributed by atoms with van der Waals surface area (Å²) in [5, 5.41) is 2.88. The predicted octanol–water partition coefficient (Wildman–Crippen LogP) is 3.27. The Morgan fingerprint density at radius 1 is 1.41 bits per heavy atom. The molecule has 1 aromatic rings. The first-order chi connectivity index (χ1) is 8.18. The summed E-state index contributed by atoms with van der Waals surface area (Å²) >= 11 is 1.98. The molecule has 1 atom stereocenters. The number of halogens is 2. The van der Waals surface area contributed by atoms with Gasteiger partial charge in [0.05, 0.1) is 5.56 Å². The first-order valence-electron chi connectivity index (χ1n) is 5.58. The van der Waals surface area contributed by atoms with Crippen molar-refractivity contribution in [1.29, 1.82) is 0 Å². The largest absolute Gasteiger partial charge is 0.349 e. The van der Waals surface area contributed by atoms with Gasteiger partial charge in [-0.25, -0.2) is 4.39 Å². The molecule has 0 heterocycles. The zero-order chi connectivity index (χ0) is 12.3. The molecule has 0 fully saturated rings. The van der Waals surface area contributed by atoms with E-state index in [2.05, 4.69) is 17.5 Å². The normalized spacial score (nSPS) is 19.1. The molecule has 1 aliphatic rings. The van der Waals surface area contributed by atoms with Gasteiger partial charge in [-0.2, -0.15) is 0 Å². The highest BCUT2D eigenvalue weighted by Crippen LogP contribution is 2.17. The van der Waals surface area contributed by atoms with E-state index in [1.54, 1.807) is 12.1 Å². The first kappa shape index (κ1) is 12.5. The Labute approximate surface area is 113 Å². The molecule has 0 radical (unpaired) electrons. The van der Waals surface area contributed by atoms with Crippen LogP contribution in [-0.2, 0) is 0 Å². The fourth-order valence-corrected chi connectivity index (χ4v) is 2.61. The number of nitrogens with one attached hydrogen (secondary N) is 1. The van der Waals surface area contributed by atoms with E-state index in [0.29, 0.717) is 3.57 Å². The SMILES string of the molecule is O=C(NC1CC=CCC1)c1c(F)cccc1I. The summed E-state index contributed by atoms with van der Waals surface area (Å²) in [6.45, 7) is 0. The van der Waals surface area contributed by atoms with Crippen LogP contribution in [0.4, 0.5) is 4.39 Å². The summed E-state index contributed by atoms with van der Waals surface area (Å²) in [6, 6.07) is 4.79. The Morgan fingerprint density at radius 3 is 2.88 bits per heavy atom. The molecule has 17 heavy (non-hydrogen) atoms. The zero-order valence-corrected chi connectivity index (χ0v) is 11.4. The number of rotatable bonds is 2. The average Bonchev–Trinajstić information content (AvgIpc) is 2.30. The monoisotopic (exact) mass is 345 g/mol. The fourth-order valence-electron chi connectivity index (χ4n) is 1.90. The highest BCUT2D eigenvalue weighted by molar-refractivity contribution is 14.1. The first-order valence-corrected chi connectivity index (χ1v) is 6.66. The molecular weight excluding hydrogens is 332 g/mol. The summed E-state index contributed by atoms with van der Waals surface area (Å²) in [4.78, 5) is 12.0. The molecule has 1 amide bonds. The van der Waals surface area contributed by atoms with Gasteiger partial charge in [-0.15, -0.1) is 0 Å². The van der Waals surface area contributed by atoms with Crippen LogP contribution in [0, 0.1) is 9.39 Å². The second kappa shape index (κ2) is 5.62. The van der Waals surface area contributed by atoms with Gasteiger partial charge < -0.3 is 5.32 Å². The van der Waals surface area contributed by atoms with E-state index in [1.807, 2.05) is 22.6 Å². The van der Waals surface area contributed by atoms with Gasteiger partial charge in [-0.05, 0) is 54.0 Å². The minimum atomic E-state index is -0.458. The zero-order valence-electron chi connectivity index (χ0n) is 9.25. The third kappa shape index (κ3) is 3.06. The van der Waals surface area contributed by atoms with Gasteiger partial charge in [0.1, 0.15) is 5.82 Å². The van der Waals surface area contributed by atoms with Crippen LogP contribution >= 0.6 is 22.6 Å². The van der Waals surface area contributed by atoms with E-state index < -0.39 is 5.82 Å². The third-order valence-corrected chi connectivity index (χ3v) is 3.69. The number of allylic oxidation sites excluding steroid dienone is 1. The molecule has 0 spiro atoms. The maximum atomic E-state index is 13.6. The second-order valence-electron chi connectivity index (χ2n) is 4.05. The van der Waals surface area contributed by atoms with E-state index in [9.17, 15) is 9.18 Å². The molecule has 1 N–H and O–H groups in total. The maximum Gasteiger partial charge on any atom is 0.255 e. The van der Waals surface area contributed by atoms with E-state index in [0.717, 1.165) is 19.3 Å². The molecule has 2 nitrogen and oxygen atoms in total. The van der Waals surface area contributed by atoms with E-state index in [1.165, 1.54) is 6.07 Å². The van der Waals surface area contributed by atoms with Crippen LogP contribution in [0.5, 0.6) is 0 Å². The van der Waals surface area contributed by atoms with Gasteiger partial charge in [0.25, 0.3) is 5.91 Å². The molecule has 90 valence electrons. The number of carbonyl (C=O) groups is 1. The fraction of sp³-hybridized carbons (Fsp3) is 0.308.